The second kappa shape index (κ2) is 5.87. The summed E-state index contributed by atoms with van der Waals surface area (Å²) >= 11 is 2.09. The summed E-state index contributed by atoms with van der Waals surface area (Å²) < 4.78 is 10.2. The van der Waals surface area contributed by atoms with Crippen molar-refractivity contribution in [3.05, 3.63) is 63.2 Å². The summed E-state index contributed by atoms with van der Waals surface area (Å²) in [4.78, 5) is 0. The number of ether oxygens (including phenoxy) is 1. The van der Waals surface area contributed by atoms with Crippen molar-refractivity contribution in [2.45, 2.75) is 6.92 Å². The molecule has 0 unspecified atom stereocenters. The number of fused-ring (bicyclic) bond motifs is 1. The SMILES string of the molecule is Cc1ccc2c(c1)C([Te]c1ccccc1)=C(I)CO2. The topological polar surface area (TPSA) is 9.23 Å². The van der Waals surface area contributed by atoms with E-state index < -0.39 is 0 Å². The van der Waals surface area contributed by atoms with Crippen LogP contribution < -0.4 is 8.35 Å². The molecule has 0 saturated heterocycles. The Hall–Kier alpha value is -0.500. The first-order valence-electron chi connectivity index (χ1n) is 6.09. The first-order chi connectivity index (χ1) is 9.24. The van der Waals surface area contributed by atoms with E-state index >= 15 is 0 Å². The van der Waals surface area contributed by atoms with Crippen molar-refractivity contribution in [1.82, 2.24) is 0 Å². The van der Waals surface area contributed by atoms with Crippen molar-refractivity contribution in [3.8, 4) is 5.75 Å². The fourth-order valence-corrected chi connectivity index (χ4v) is 5.96. The molecule has 1 aliphatic heterocycles. The average Bonchev–Trinajstić information content (AvgIpc) is 2.43. The van der Waals surface area contributed by atoms with Crippen molar-refractivity contribution < 1.29 is 4.74 Å². The van der Waals surface area contributed by atoms with E-state index in [0.29, 0.717) is 0 Å². The normalized spacial score (nSPS) is 14.0. The second-order valence-corrected chi connectivity index (χ2v) is 8.83. The van der Waals surface area contributed by atoms with E-state index in [-0.39, 0.29) is 20.9 Å². The molecule has 0 saturated carbocycles. The first kappa shape index (κ1) is 13.5. The zero-order valence-corrected chi connectivity index (χ0v) is 15.0. The summed E-state index contributed by atoms with van der Waals surface area (Å²) in [5, 5.41) is 0. The van der Waals surface area contributed by atoms with E-state index in [1.807, 2.05) is 0 Å². The summed E-state index contributed by atoms with van der Waals surface area (Å²) in [6.45, 7) is 2.87. The van der Waals surface area contributed by atoms with Crippen LogP contribution in [0, 0.1) is 6.92 Å². The second-order valence-electron chi connectivity index (χ2n) is 4.44. The molecule has 0 aromatic heterocycles. The molecular weight excluding hydrogens is 463 g/mol. The van der Waals surface area contributed by atoms with Gasteiger partial charge in [-0.25, -0.2) is 0 Å². The van der Waals surface area contributed by atoms with Crippen molar-refractivity contribution in [1.29, 1.82) is 0 Å². The van der Waals surface area contributed by atoms with Crippen molar-refractivity contribution in [3.63, 3.8) is 0 Å². The van der Waals surface area contributed by atoms with Crippen molar-refractivity contribution in [2.24, 2.45) is 0 Å². The van der Waals surface area contributed by atoms with Gasteiger partial charge in [-0.05, 0) is 0 Å². The molecule has 1 aliphatic rings. The predicted octanol–water partition coefficient (Wildman–Crippen LogP) is 3.52. The quantitative estimate of drug-likeness (QED) is 0.477. The molecule has 0 spiro atoms. The molecule has 96 valence electrons. The molecule has 0 amide bonds. The van der Waals surface area contributed by atoms with Crippen LogP contribution in [-0.2, 0) is 0 Å². The molecule has 3 rings (SSSR count). The van der Waals surface area contributed by atoms with Gasteiger partial charge in [0.2, 0.25) is 0 Å². The van der Waals surface area contributed by atoms with Crippen molar-refractivity contribution >= 4 is 50.7 Å². The van der Waals surface area contributed by atoms with Crippen LogP contribution >= 0.6 is 22.6 Å². The Morgan fingerprint density at radius 1 is 1.11 bits per heavy atom. The summed E-state index contributed by atoms with van der Waals surface area (Å²) in [7, 11) is 0. The monoisotopic (exact) mass is 478 g/mol. The fourth-order valence-electron chi connectivity index (χ4n) is 2.02. The van der Waals surface area contributed by atoms with Gasteiger partial charge in [-0.3, -0.25) is 0 Å². The third-order valence-corrected chi connectivity index (χ3v) is 8.29. The average molecular weight is 476 g/mol. The van der Waals surface area contributed by atoms with Gasteiger partial charge < -0.3 is 0 Å². The zero-order chi connectivity index (χ0) is 13.2. The molecule has 0 aliphatic carbocycles. The number of halogens is 1. The number of aryl methyl sites for hydroxylation is 1. The van der Waals surface area contributed by atoms with E-state index in [9.17, 15) is 0 Å². The van der Waals surface area contributed by atoms with Crippen LogP contribution in [0.1, 0.15) is 11.1 Å². The molecule has 1 heterocycles. The van der Waals surface area contributed by atoms with Crippen LogP contribution in [0.4, 0.5) is 0 Å². The van der Waals surface area contributed by atoms with E-state index in [2.05, 4.69) is 78.0 Å². The molecule has 0 radical (unpaired) electrons. The van der Waals surface area contributed by atoms with E-state index in [1.54, 1.807) is 0 Å². The Morgan fingerprint density at radius 2 is 1.89 bits per heavy atom. The van der Waals surface area contributed by atoms with Gasteiger partial charge in [-0.15, -0.1) is 0 Å². The third kappa shape index (κ3) is 2.99. The maximum absolute atomic E-state index is 5.81. The van der Waals surface area contributed by atoms with Crippen LogP contribution in [0.15, 0.2) is 52.1 Å². The Kier molecular flexibility index (Phi) is 4.16. The Morgan fingerprint density at radius 3 is 2.68 bits per heavy atom. The Bertz CT molecular complexity index is 634. The first-order valence-corrected chi connectivity index (χ1v) is 9.50. The molecule has 0 bridgehead atoms. The maximum atomic E-state index is 5.81. The molecule has 2 aromatic rings. The van der Waals surface area contributed by atoms with E-state index in [4.69, 9.17) is 4.74 Å². The molecule has 19 heavy (non-hydrogen) atoms. The van der Waals surface area contributed by atoms with Gasteiger partial charge in [0, 0.05) is 0 Å². The minimum atomic E-state index is -0.347. The molecule has 0 fully saturated rings. The standard InChI is InChI=1S/C16H13IOTe/c1-11-7-8-15-13(9-11)16(14(17)10-18-15)19-12-5-3-2-4-6-12/h2-9H,10H2,1H3. The molecule has 0 atom stereocenters. The van der Waals surface area contributed by atoms with Gasteiger partial charge in [0.15, 0.2) is 0 Å². The van der Waals surface area contributed by atoms with E-state index in [0.717, 1.165) is 12.4 Å². The van der Waals surface area contributed by atoms with Crippen LogP contribution in [0.25, 0.3) is 3.62 Å². The Balaban J connectivity index is 2.02. The summed E-state index contributed by atoms with van der Waals surface area (Å²) in [5.41, 5.74) is 2.60. The molecule has 0 N–H and O–H groups in total. The van der Waals surface area contributed by atoms with Gasteiger partial charge in [-0.2, -0.15) is 0 Å². The molecule has 2 aromatic carbocycles. The number of benzene rings is 2. The zero-order valence-electron chi connectivity index (χ0n) is 10.5. The third-order valence-electron chi connectivity index (χ3n) is 2.94. The summed E-state index contributed by atoms with van der Waals surface area (Å²) in [5.74, 6) is 1.04. The van der Waals surface area contributed by atoms with Crippen LogP contribution in [0.2, 0.25) is 0 Å². The predicted molar refractivity (Wildman–Crippen MR) is 89.4 cm³/mol. The fraction of sp³-hybridized carbons (Fsp3) is 0.125. The number of hydrogen-bond acceptors (Lipinski definition) is 1. The van der Waals surface area contributed by atoms with E-state index in [1.165, 1.54) is 21.9 Å². The van der Waals surface area contributed by atoms with Gasteiger partial charge in [0.25, 0.3) is 0 Å². The summed E-state index contributed by atoms with van der Waals surface area (Å²) in [6.07, 6.45) is 0. The van der Waals surface area contributed by atoms with Crippen LogP contribution in [0.3, 0.4) is 0 Å². The summed E-state index contributed by atoms with van der Waals surface area (Å²) in [6, 6.07) is 17.3. The van der Waals surface area contributed by atoms with Gasteiger partial charge in [0.05, 0.1) is 0 Å². The number of rotatable bonds is 2. The van der Waals surface area contributed by atoms with Gasteiger partial charge >= 0.3 is 138 Å². The molecular formula is C16H13IOTe. The van der Waals surface area contributed by atoms with Crippen LogP contribution in [-0.4, -0.2) is 27.5 Å². The van der Waals surface area contributed by atoms with Crippen LogP contribution in [0.5, 0.6) is 5.75 Å². The Labute approximate surface area is 137 Å². The number of hydrogen-bond donors (Lipinski definition) is 0. The van der Waals surface area contributed by atoms with Crippen molar-refractivity contribution in [2.75, 3.05) is 6.61 Å². The molecule has 1 nitrogen and oxygen atoms in total. The minimum absolute atomic E-state index is 0.347. The van der Waals surface area contributed by atoms with Gasteiger partial charge in [0.1, 0.15) is 0 Å². The van der Waals surface area contributed by atoms with Gasteiger partial charge in [-0.1, -0.05) is 0 Å². The molecule has 3 heteroatoms.